The number of amides is 1. The summed E-state index contributed by atoms with van der Waals surface area (Å²) < 4.78 is 0. The van der Waals surface area contributed by atoms with Gasteiger partial charge in [-0.3, -0.25) is 4.79 Å². The molecule has 1 unspecified atom stereocenters. The zero-order valence-electron chi connectivity index (χ0n) is 12.5. The Labute approximate surface area is 136 Å². The van der Waals surface area contributed by atoms with Gasteiger partial charge in [-0.05, 0) is 36.1 Å². The molecule has 0 bridgehead atoms. The minimum atomic E-state index is -0.119. The third kappa shape index (κ3) is 3.50. The van der Waals surface area contributed by atoms with Crippen LogP contribution in [0.25, 0.3) is 0 Å². The monoisotopic (exact) mass is 313 g/mol. The zero-order chi connectivity index (χ0) is 15.4. The van der Waals surface area contributed by atoms with Gasteiger partial charge in [0.05, 0.1) is 6.04 Å². The smallest absolute Gasteiger partial charge is 0.223 e. The lowest BCUT2D eigenvalue weighted by atomic mass is 9.97. The Balaban J connectivity index is 1.86. The van der Waals surface area contributed by atoms with Gasteiger partial charge in [-0.2, -0.15) is 0 Å². The fraction of sp³-hybridized carbons (Fsp3) is 0.316. The SMILES string of the molecule is O=C(NC(c1ccccc1)c1ccc(Cl)cc1)C1CCCC1. The first-order valence-corrected chi connectivity index (χ1v) is 8.22. The predicted molar refractivity (Wildman–Crippen MR) is 89.8 cm³/mol. The van der Waals surface area contributed by atoms with E-state index in [2.05, 4.69) is 5.32 Å². The van der Waals surface area contributed by atoms with Crippen molar-refractivity contribution in [3.8, 4) is 0 Å². The van der Waals surface area contributed by atoms with Gasteiger partial charge in [0, 0.05) is 10.9 Å². The summed E-state index contributed by atoms with van der Waals surface area (Å²) in [5, 5.41) is 3.94. The summed E-state index contributed by atoms with van der Waals surface area (Å²) in [6.07, 6.45) is 4.34. The van der Waals surface area contributed by atoms with E-state index in [9.17, 15) is 4.79 Å². The Hall–Kier alpha value is -1.80. The Morgan fingerprint density at radius 3 is 2.18 bits per heavy atom. The normalized spacial score (nSPS) is 16.4. The molecule has 0 aromatic heterocycles. The Kier molecular flexibility index (Phi) is 4.79. The summed E-state index contributed by atoms with van der Waals surface area (Å²) in [6, 6.07) is 17.7. The van der Waals surface area contributed by atoms with Gasteiger partial charge in [0.2, 0.25) is 5.91 Å². The molecule has 22 heavy (non-hydrogen) atoms. The second kappa shape index (κ2) is 6.97. The maximum atomic E-state index is 12.5. The molecule has 1 atom stereocenters. The number of halogens is 1. The first-order chi connectivity index (χ1) is 10.7. The maximum Gasteiger partial charge on any atom is 0.223 e. The van der Waals surface area contributed by atoms with E-state index < -0.39 is 0 Å². The molecule has 3 heteroatoms. The molecule has 0 spiro atoms. The van der Waals surface area contributed by atoms with Crippen LogP contribution in [0.15, 0.2) is 54.6 Å². The molecular formula is C19H20ClNO. The van der Waals surface area contributed by atoms with Crippen LogP contribution >= 0.6 is 11.6 Å². The third-order valence-corrected chi connectivity index (χ3v) is 4.60. The zero-order valence-corrected chi connectivity index (χ0v) is 13.2. The van der Waals surface area contributed by atoms with Crippen molar-refractivity contribution >= 4 is 17.5 Å². The van der Waals surface area contributed by atoms with Gasteiger partial charge in [-0.25, -0.2) is 0 Å². The van der Waals surface area contributed by atoms with Crippen LogP contribution in [0.5, 0.6) is 0 Å². The lowest BCUT2D eigenvalue weighted by molar-refractivity contribution is -0.125. The Bertz CT molecular complexity index is 618. The number of carbonyl (C=O) groups excluding carboxylic acids is 1. The first kappa shape index (κ1) is 15.1. The van der Waals surface area contributed by atoms with Crippen LogP contribution in [0.3, 0.4) is 0 Å². The molecule has 0 aliphatic heterocycles. The molecule has 1 saturated carbocycles. The number of benzene rings is 2. The highest BCUT2D eigenvalue weighted by molar-refractivity contribution is 6.30. The summed E-state index contributed by atoms with van der Waals surface area (Å²) in [4.78, 5) is 12.5. The summed E-state index contributed by atoms with van der Waals surface area (Å²) in [7, 11) is 0. The van der Waals surface area contributed by atoms with Crippen LogP contribution in [-0.2, 0) is 4.79 Å². The largest absolute Gasteiger partial charge is 0.345 e. The third-order valence-electron chi connectivity index (χ3n) is 4.35. The maximum absolute atomic E-state index is 12.5. The summed E-state index contributed by atoms with van der Waals surface area (Å²) in [5.41, 5.74) is 2.15. The number of hydrogen-bond acceptors (Lipinski definition) is 1. The topological polar surface area (TPSA) is 29.1 Å². The van der Waals surface area contributed by atoms with E-state index in [1.807, 2.05) is 54.6 Å². The molecule has 0 saturated heterocycles. The molecule has 3 rings (SSSR count). The van der Waals surface area contributed by atoms with Gasteiger partial charge in [0.15, 0.2) is 0 Å². The van der Waals surface area contributed by atoms with Crippen molar-refractivity contribution in [3.63, 3.8) is 0 Å². The molecular weight excluding hydrogens is 294 g/mol. The number of rotatable bonds is 4. The highest BCUT2D eigenvalue weighted by Gasteiger charge is 2.25. The molecule has 2 aromatic carbocycles. The van der Waals surface area contributed by atoms with E-state index in [4.69, 9.17) is 11.6 Å². The second-order valence-corrected chi connectivity index (χ2v) is 6.32. The van der Waals surface area contributed by atoms with Crippen molar-refractivity contribution in [1.82, 2.24) is 5.32 Å². The van der Waals surface area contributed by atoms with Crippen LogP contribution < -0.4 is 5.32 Å². The fourth-order valence-corrected chi connectivity index (χ4v) is 3.23. The van der Waals surface area contributed by atoms with Gasteiger partial charge in [0.1, 0.15) is 0 Å². The van der Waals surface area contributed by atoms with Gasteiger partial charge >= 0.3 is 0 Å². The molecule has 1 aliphatic carbocycles. The molecule has 0 radical (unpaired) electrons. The average Bonchev–Trinajstić information content (AvgIpc) is 3.09. The van der Waals surface area contributed by atoms with Gasteiger partial charge in [-0.15, -0.1) is 0 Å². The Morgan fingerprint density at radius 2 is 1.55 bits per heavy atom. The lowest BCUT2D eigenvalue weighted by Crippen LogP contribution is -2.33. The molecule has 1 fully saturated rings. The van der Waals surface area contributed by atoms with Crippen molar-refractivity contribution in [2.45, 2.75) is 31.7 Å². The number of hydrogen-bond donors (Lipinski definition) is 1. The van der Waals surface area contributed by atoms with Crippen molar-refractivity contribution in [1.29, 1.82) is 0 Å². The molecule has 1 amide bonds. The van der Waals surface area contributed by atoms with Crippen LogP contribution in [0.1, 0.15) is 42.9 Å². The predicted octanol–water partition coefficient (Wildman–Crippen LogP) is 4.74. The molecule has 2 aromatic rings. The van der Waals surface area contributed by atoms with Crippen molar-refractivity contribution < 1.29 is 4.79 Å². The van der Waals surface area contributed by atoms with Crippen LogP contribution in [0.4, 0.5) is 0 Å². The lowest BCUT2D eigenvalue weighted by Gasteiger charge is -2.22. The van der Waals surface area contributed by atoms with Gasteiger partial charge in [0.25, 0.3) is 0 Å². The minimum Gasteiger partial charge on any atom is -0.345 e. The highest BCUT2D eigenvalue weighted by Crippen LogP contribution is 2.28. The van der Waals surface area contributed by atoms with Crippen LogP contribution in [0.2, 0.25) is 5.02 Å². The summed E-state index contributed by atoms with van der Waals surface area (Å²) in [6.45, 7) is 0. The summed E-state index contributed by atoms with van der Waals surface area (Å²) in [5.74, 6) is 0.333. The summed E-state index contributed by atoms with van der Waals surface area (Å²) >= 11 is 5.98. The molecule has 1 N–H and O–H groups in total. The molecule has 1 aliphatic rings. The van der Waals surface area contributed by atoms with Crippen LogP contribution in [-0.4, -0.2) is 5.91 Å². The quantitative estimate of drug-likeness (QED) is 0.868. The van der Waals surface area contributed by atoms with Gasteiger partial charge < -0.3 is 5.32 Å². The minimum absolute atomic E-state index is 0.119. The molecule has 0 heterocycles. The van der Waals surface area contributed by atoms with E-state index in [1.165, 1.54) is 0 Å². The second-order valence-electron chi connectivity index (χ2n) is 5.89. The number of nitrogens with one attached hydrogen (secondary N) is 1. The van der Waals surface area contributed by atoms with Gasteiger partial charge in [-0.1, -0.05) is 66.9 Å². The first-order valence-electron chi connectivity index (χ1n) is 7.85. The van der Waals surface area contributed by atoms with E-state index in [0.717, 1.165) is 36.8 Å². The van der Waals surface area contributed by atoms with Crippen molar-refractivity contribution in [2.24, 2.45) is 5.92 Å². The van der Waals surface area contributed by atoms with Crippen LogP contribution in [0, 0.1) is 5.92 Å². The Morgan fingerprint density at radius 1 is 0.955 bits per heavy atom. The van der Waals surface area contributed by atoms with E-state index in [-0.39, 0.29) is 17.9 Å². The standard InChI is InChI=1S/C19H20ClNO/c20-17-12-10-15(11-13-17)18(14-6-2-1-3-7-14)21-19(22)16-8-4-5-9-16/h1-3,6-7,10-13,16,18H,4-5,8-9H2,(H,21,22). The average molecular weight is 314 g/mol. The number of carbonyl (C=O) groups is 1. The van der Waals surface area contributed by atoms with E-state index in [1.54, 1.807) is 0 Å². The van der Waals surface area contributed by atoms with E-state index >= 15 is 0 Å². The van der Waals surface area contributed by atoms with E-state index in [0.29, 0.717) is 5.02 Å². The fourth-order valence-electron chi connectivity index (χ4n) is 3.11. The highest BCUT2D eigenvalue weighted by atomic mass is 35.5. The van der Waals surface area contributed by atoms with Crippen molar-refractivity contribution in [2.75, 3.05) is 0 Å². The molecule has 114 valence electrons. The molecule has 2 nitrogen and oxygen atoms in total. The van der Waals surface area contributed by atoms with Crippen molar-refractivity contribution in [3.05, 3.63) is 70.7 Å².